The van der Waals surface area contributed by atoms with Crippen LogP contribution in [0.3, 0.4) is 0 Å². The summed E-state index contributed by atoms with van der Waals surface area (Å²) >= 11 is 0. The first kappa shape index (κ1) is 17.4. The first-order valence-electron chi connectivity index (χ1n) is 8.10. The van der Waals surface area contributed by atoms with Gasteiger partial charge in [-0.25, -0.2) is 4.79 Å². The van der Waals surface area contributed by atoms with Crippen LogP contribution in [0.1, 0.15) is 18.5 Å². The van der Waals surface area contributed by atoms with E-state index in [4.69, 9.17) is 4.74 Å². The highest BCUT2D eigenvalue weighted by atomic mass is 16.5. The molecule has 0 fully saturated rings. The van der Waals surface area contributed by atoms with E-state index in [0.717, 1.165) is 14.9 Å². The third kappa shape index (κ3) is 3.64. The van der Waals surface area contributed by atoms with Crippen LogP contribution in [0.15, 0.2) is 59.4 Å². The lowest BCUT2D eigenvalue weighted by Crippen LogP contribution is -2.34. The highest BCUT2D eigenvalue weighted by Crippen LogP contribution is 2.24. The predicted molar refractivity (Wildman–Crippen MR) is 95.2 cm³/mol. The summed E-state index contributed by atoms with van der Waals surface area (Å²) in [5.41, 5.74) is 0.964. The van der Waals surface area contributed by atoms with Gasteiger partial charge in [0.15, 0.2) is 0 Å². The molecule has 8 heteroatoms. The molecule has 1 N–H and O–H groups in total. The monoisotopic (exact) mass is 353 g/mol. The maximum Gasteiger partial charge on any atom is 0.368 e. The van der Waals surface area contributed by atoms with Gasteiger partial charge in [-0.3, -0.25) is 4.79 Å². The van der Waals surface area contributed by atoms with Crippen molar-refractivity contribution in [3.8, 4) is 11.4 Å². The minimum atomic E-state index is -0.476. The van der Waals surface area contributed by atoms with Gasteiger partial charge >= 0.3 is 5.69 Å². The van der Waals surface area contributed by atoms with Crippen LogP contribution in [0.2, 0.25) is 0 Å². The van der Waals surface area contributed by atoms with Gasteiger partial charge in [0.05, 0.1) is 18.8 Å². The van der Waals surface area contributed by atoms with Crippen molar-refractivity contribution in [3.63, 3.8) is 0 Å². The summed E-state index contributed by atoms with van der Waals surface area (Å²) in [6.45, 7) is 1.63. The number of para-hydroxylation sites is 2. The van der Waals surface area contributed by atoms with Crippen molar-refractivity contribution < 1.29 is 9.53 Å². The summed E-state index contributed by atoms with van der Waals surface area (Å²) in [5.74, 6) is 0.345. The van der Waals surface area contributed by atoms with Crippen molar-refractivity contribution >= 4 is 5.91 Å². The zero-order chi connectivity index (χ0) is 18.5. The number of aromatic nitrogens is 4. The number of tetrazole rings is 1. The number of ether oxygens (including phenoxy) is 1. The highest BCUT2D eigenvalue weighted by molar-refractivity contribution is 5.76. The van der Waals surface area contributed by atoms with Crippen molar-refractivity contribution in [2.75, 3.05) is 7.11 Å². The molecule has 1 unspecified atom stereocenters. The van der Waals surface area contributed by atoms with Gasteiger partial charge in [0, 0.05) is 5.56 Å². The van der Waals surface area contributed by atoms with Crippen LogP contribution in [0.5, 0.6) is 5.75 Å². The summed E-state index contributed by atoms with van der Waals surface area (Å²) in [7, 11) is 1.58. The molecule has 0 aliphatic heterocycles. The third-order valence-corrected chi connectivity index (χ3v) is 3.92. The van der Waals surface area contributed by atoms with E-state index in [9.17, 15) is 9.59 Å². The molecule has 0 aliphatic rings. The number of methoxy groups -OCH3 is 1. The Bertz CT molecular complexity index is 949. The molecular weight excluding hydrogens is 334 g/mol. The molecular formula is C18H19N5O3. The first-order valence-corrected chi connectivity index (χ1v) is 8.10. The smallest absolute Gasteiger partial charge is 0.368 e. The predicted octanol–water partition coefficient (Wildman–Crippen LogP) is 1.31. The molecule has 26 heavy (non-hydrogen) atoms. The van der Waals surface area contributed by atoms with E-state index in [1.165, 1.54) is 0 Å². The van der Waals surface area contributed by atoms with Crippen LogP contribution in [0, 0.1) is 0 Å². The minimum Gasteiger partial charge on any atom is -0.496 e. The number of amides is 1. The summed E-state index contributed by atoms with van der Waals surface area (Å²) in [5, 5.41) is 10.4. The molecule has 0 saturated heterocycles. The van der Waals surface area contributed by atoms with Crippen LogP contribution in [0.4, 0.5) is 0 Å². The fraction of sp³-hybridized carbons (Fsp3) is 0.222. The van der Waals surface area contributed by atoms with Gasteiger partial charge in [-0.15, -0.1) is 0 Å². The third-order valence-electron chi connectivity index (χ3n) is 3.92. The van der Waals surface area contributed by atoms with E-state index in [-0.39, 0.29) is 18.5 Å². The summed E-state index contributed by atoms with van der Waals surface area (Å²) in [6.07, 6.45) is 0. The second-order valence-electron chi connectivity index (χ2n) is 5.70. The van der Waals surface area contributed by atoms with Gasteiger partial charge in [0.2, 0.25) is 5.91 Å². The topological polar surface area (TPSA) is 91.0 Å². The molecule has 0 spiro atoms. The maximum absolute atomic E-state index is 12.4. The Kier molecular flexibility index (Phi) is 5.12. The van der Waals surface area contributed by atoms with E-state index in [2.05, 4.69) is 15.7 Å². The van der Waals surface area contributed by atoms with Crippen LogP contribution in [-0.2, 0) is 11.3 Å². The molecule has 8 nitrogen and oxygen atoms in total. The summed E-state index contributed by atoms with van der Waals surface area (Å²) in [4.78, 5) is 24.7. The largest absolute Gasteiger partial charge is 0.496 e. The fourth-order valence-electron chi connectivity index (χ4n) is 2.63. The first-order chi connectivity index (χ1) is 12.6. The fourth-order valence-corrected chi connectivity index (χ4v) is 2.63. The Morgan fingerprint density at radius 1 is 1.12 bits per heavy atom. The van der Waals surface area contributed by atoms with Gasteiger partial charge in [-0.2, -0.15) is 9.36 Å². The second kappa shape index (κ2) is 7.64. The lowest BCUT2D eigenvalue weighted by molar-refractivity contribution is -0.122. The molecule has 2 aromatic carbocycles. The SMILES string of the molecule is COc1ccccc1C(C)NC(=O)Cn1nnn(-c2ccccc2)c1=O. The Hall–Kier alpha value is -3.42. The van der Waals surface area contributed by atoms with Gasteiger partial charge in [0.25, 0.3) is 0 Å². The van der Waals surface area contributed by atoms with Gasteiger partial charge in [-0.05, 0) is 35.5 Å². The molecule has 134 valence electrons. The van der Waals surface area contributed by atoms with Gasteiger partial charge in [0.1, 0.15) is 12.3 Å². The van der Waals surface area contributed by atoms with Crippen molar-refractivity contribution in [1.29, 1.82) is 0 Å². The zero-order valence-corrected chi connectivity index (χ0v) is 14.5. The van der Waals surface area contributed by atoms with Crippen molar-refractivity contribution in [3.05, 3.63) is 70.6 Å². The molecule has 3 aromatic rings. The van der Waals surface area contributed by atoms with Crippen LogP contribution >= 0.6 is 0 Å². The quantitative estimate of drug-likeness (QED) is 0.722. The normalized spacial score (nSPS) is 11.8. The van der Waals surface area contributed by atoms with Crippen molar-refractivity contribution in [2.45, 2.75) is 19.5 Å². The molecule has 1 atom stereocenters. The van der Waals surface area contributed by atoms with Gasteiger partial charge in [-0.1, -0.05) is 36.4 Å². The Morgan fingerprint density at radius 3 is 2.54 bits per heavy atom. The zero-order valence-electron chi connectivity index (χ0n) is 14.5. The lowest BCUT2D eigenvalue weighted by atomic mass is 10.1. The molecule has 0 bridgehead atoms. The number of rotatable bonds is 6. The van der Waals surface area contributed by atoms with E-state index < -0.39 is 5.69 Å². The van der Waals surface area contributed by atoms with E-state index >= 15 is 0 Å². The molecule has 1 heterocycles. The number of nitrogens with one attached hydrogen (secondary N) is 1. The van der Waals surface area contributed by atoms with Crippen LogP contribution in [0.25, 0.3) is 5.69 Å². The number of carbonyl (C=O) groups excluding carboxylic acids is 1. The Morgan fingerprint density at radius 2 is 1.81 bits per heavy atom. The highest BCUT2D eigenvalue weighted by Gasteiger charge is 2.16. The standard InChI is InChI=1S/C18H19N5O3/c1-13(15-10-6-7-11-16(15)26-2)19-17(24)12-22-18(25)23(21-20-22)14-8-4-3-5-9-14/h3-11,13H,12H2,1-2H3,(H,19,24). The van der Waals surface area contributed by atoms with Gasteiger partial charge < -0.3 is 10.1 Å². The minimum absolute atomic E-state index is 0.217. The number of hydrogen-bond acceptors (Lipinski definition) is 5. The molecule has 0 saturated carbocycles. The number of carbonyl (C=O) groups is 1. The average molecular weight is 353 g/mol. The lowest BCUT2D eigenvalue weighted by Gasteiger charge is -2.16. The Balaban J connectivity index is 1.71. The Labute approximate surface area is 150 Å². The summed E-state index contributed by atoms with van der Waals surface area (Å²) < 4.78 is 7.48. The van der Waals surface area contributed by atoms with E-state index in [1.54, 1.807) is 31.4 Å². The van der Waals surface area contributed by atoms with E-state index in [1.807, 2.05) is 37.3 Å². The molecule has 1 amide bonds. The molecule has 1 aromatic heterocycles. The van der Waals surface area contributed by atoms with Crippen molar-refractivity contribution in [1.82, 2.24) is 25.1 Å². The maximum atomic E-state index is 12.4. The van der Waals surface area contributed by atoms with Crippen molar-refractivity contribution in [2.24, 2.45) is 0 Å². The number of benzene rings is 2. The second-order valence-corrected chi connectivity index (χ2v) is 5.70. The molecule has 0 radical (unpaired) electrons. The molecule has 3 rings (SSSR count). The van der Waals surface area contributed by atoms with E-state index in [0.29, 0.717) is 11.4 Å². The van der Waals surface area contributed by atoms with Crippen LogP contribution < -0.4 is 15.7 Å². The van der Waals surface area contributed by atoms with Crippen LogP contribution in [-0.4, -0.2) is 32.8 Å². The number of nitrogens with zero attached hydrogens (tertiary/aromatic N) is 4. The average Bonchev–Trinajstić information content (AvgIpc) is 3.02. The summed E-state index contributed by atoms with van der Waals surface area (Å²) in [6, 6.07) is 16.1. The number of hydrogen-bond donors (Lipinski definition) is 1. The molecule has 0 aliphatic carbocycles.